The molecule has 0 fully saturated rings. The Hall–Kier alpha value is -3.21. The van der Waals surface area contributed by atoms with Gasteiger partial charge < -0.3 is 9.88 Å². The van der Waals surface area contributed by atoms with E-state index in [0.717, 1.165) is 5.56 Å². The largest absolute Gasteiger partial charge is 0.356 e. The summed E-state index contributed by atoms with van der Waals surface area (Å²) in [5.74, 6) is -0.802. The van der Waals surface area contributed by atoms with Crippen molar-refractivity contribution in [2.75, 3.05) is 6.54 Å². The van der Waals surface area contributed by atoms with E-state index >= 15 is 0 Å². The molecule has 0 unspecified atom stereocenters. The summed E-state index contributed by atoms with van der Waals surface area (Å²) in [6.45, 7) is 0.994. The van der Waals surface area contributed by atoms with Crippen LogP contribution in [0.5, 0.6) is 0 Å². The number of rotatable bonds is 8. The quantitative estimate of drug-likeness (QED) is 0.608. The number of halogens is 1. The fourth-order valence-electron chi connectivity index (χ4n) is 3.23. The van der Waals surface area contributed by atoms with E-state index in [-0.39, 0.29) is 29.6 Å². The molecular weight excluding hydrogens is 355 g/mol. The number of hydrogen-bond donors (Lipinski definition) is 1. The fourth-order valence-corrected chi connectivity index (χ4v) is 3.23. The lowest BCUT2D eigenvalue weighted by molar-refractivity contribution is -0.121. The summed E-state index contributed by atoms with van der Waals surface area (Å²) in [6, 6.07) is 21.1. The van der Waals surface area contributed by atoms with Crippen molar-refractivity contribution in [1.29, 1.82) is 0 Å². The zero-order valence-corrected chi connectivity index (χ0v) is 15.6. The predicted octanol–water partition coefficient (Wildman–Crippen LogP) is 3.72. The predicted molar refractivity (Wildman–Crippen MR) is 108 cm³/mol. The van der Waals surface area contributed by atoms with Gasteiger partial charge in [-0.3, -0.25) is 9.59 Å². The average Bonchev–Trinajstić information content (AvgIpc) is 2.72. The first-order valence-electron chi connectivity index (χ1n) is 9.36. The number of nitrogens with one attached hydrogen (secondary N) is 1. The summed E-state index contributed by atoms with van der Waals surface area (Å²) in [7, 11) is 0. The molecule has 28 heavy (non-hydrogen) atoms. The van der Waals surface area contributed by atoms with Crippen molar-refractivity contribution >= 4 is 5.91 Å². The van der Waals surface area contributed by atoms with Crippen LogP contribution in [0.4, 0.5) is 4.39 Å². The van der Waals surface area contributed by atoms with E-state index in [0.29, 0.717) is 25.1 Å². The van der Waals surface area contributed by atoms with Crippen molar-refractivity contribution in [2.24, 2.45) is 0 Å². The molecule has 0 aliphatic rings. The van der Waals surface area contributed by atoms with Crippen LogP contribution in [-0.4, -0.2) is 17.0 Å². The van der Waals surface area contributed by atoms with Crippen molar-refractivity contribution in [1.82, 2.24) is 9.88 Å². The Morgan fingerprint density at radius 2 is 1.68 bits per heavy atom. The highest BCUT2D eigenvalue weighted by Gasteiger charge is 2.20. The molecule has 0 saturated heterocycles. The van der Waals surface area contributed by atoms with Crippen LogP contribution < -0.4 is 10.9 Å². The summed E-state index contributed by atoms with van der Waals surface area (Å²) in [4.78, 5) is 24.2. The van der Waals surface area contributed by atoms with Crippen molar-refractivity contribution in [3.8, 4) is 0 Å². The molecule has 1 atom stereocenters. The number of carbonyl (C=O) groups is 1. The van der Waals surface area contributed by atoms with Gasteiger partial charge in [-0.05, 0) is 29.7 Å². The Morgan fingerprint density at radius 3 is 2.43 bits per heavy atom. The molecule has 0 aliphatic heterocycles. The molecule has 0 saturated carbocycles. The van der Waals surface area contributed by atoms with Crippen molar-refractivity contribution in [2.45, 2.75) is 25.3 Å². The third-order valence-electron chi connectivity index (χ3n) is 4.67. The summed E-state index contributed by atoms with van der Waals surface area (Å²) in [5.41, 5.74) is 1.36. The monoisotopic (exact) mass is 378 g/mol. The minimum Gasteiger partial charge on any atom is -0.356 e. The van der Waals surface area contributed by atoms with Gasteiger partial charge in [0.15, 0.2) is 0 Å². The molecule has 3 aromatic rings. The number of aryl methyl sites for hydroxylation is 1. The molecule has 1 heterocycles. The van der Waals surface area contributed by atoms with Gasteiger partial charge in [-0.1, -0.05) is 54.6 Å². The number of pyridine rings is 1. The number of hydrogen-bond acceptors (Lipinski definition) is 2. The van der Waals surface area contributed by atoms with Gasteiger partial charge >= 0.3 is 0 Å². The topological polar surface area (TPSA) is 51.1 Å². The van der Waals surface area contributed by atoms with Crippen LogP contribution in [-0.2, 0) is 11.3 Å². The zero-order chi connectivity index (χ0) is 19.8. The lowest BCUT2D eigenvalue weighted by atomic mass is 9.88. The van der Waals surface area contributed by atoms with Gasteiger partial charge in [-0.2, -0.15) is 0 Å². The highest BCUT2D eigenvalue weighted by Crippen LogP contribution is 2.29. The number of carbonyl (C=O) groups excluding carboxylic acids is 1. The van der Waals surface area contributed by atoms with Gasteiger partial charge in [0.05, 0.1) is 0 Å². The third kappa shape index (κ3) is 5.16. The first-order valence-corrected chi connectivity index (χ1v) is 9.36. The van der Waals surface area contributed by atoms with Gasteiger partial charge in [0.25, 0.3) is 0 Å². The molecule has 3 rings (SSSR count). The van der Waals surface area contributed by atoms with Crippen LogP contribution in [0.15, 0.2) is 83.8 Å². The Balaban J connectivity index is 1.61. The molecule has 4 nitrogen and oxygen atoms in total. The second-order valence-electron chi connectivity index (χ2n) is 6.62. The zero-order valence-electron chi connectivity index (χ0n) is 15.6. The summed E-state index contributed by atoms with van der Waals surface area (Å²) < 4.78 is 16.0. The van der Waals surface area contributed by atoms with Crippen molar-refractivity contribution < 1.29 is 9.18 Å². The second kappa shape index (κ2) is 9.65. The van der Waals surface area contributed by atoms with Crippen LogP contribution >= 0.6 is 0 Å². The van der Waals surface area contributed by atoms with Gasteiger partial charge in [0, 0.05) is 37.7 Å². The van der Waals surface area contributed by atoms with E-state index in [1.807, 2.05) is 30.3 Å². The van der Waals surface area contributed by atoms with Crippen LogP contribution in [0, 0.1) is 5.82 Å². The lowest BCUT2D eigenvalue weighted by Crippen LogP contribution is -2.28. The highest BCUT2D eigenvalue weighted by atomic mass is 19.1. The van der Waals surface area contributed by atoms with Crippen LogP contribution in [0.1, 0.15) is 29.9 Å². The molecule has 0 radical (unpaired) electrons. The minimum atomic E-state index is -0.348. The number of amides is 1. The SMILES string of the molecule is O=C(C[C@H](c1ccccc1)c1ccccc1F)NCCCn1ccccc1=O. The molecule has 1 aromatic heterocycles. The molecule has 2 aromatic carbocycles. The first-order chi connectivity index (χ1) is 13.6. The lowest BCUT2D eigenvalue weighted by Gasteiger charge is -2.18. The van der Waals surface area contributed by atoms with Gasteiger partial charge in [-0.15, -0.1) is 0 Å². The fraction of sp³-hybridized carbons (Fsp3) is 0.217. The molecule has 1 N–H and O–H groups in total. The summed E-state index contributed by atoms with van der Waals surface area (Å²) >= 11 is 0. The van der Waals surface area contributed by atoms with Crippen LogP contribution in [0.2, 0.25) is 0 Å². The van der Waals surface area contributed by atoms with E-state index < -0.39 is 0 Å². The van der Waals surface area contributed by atoms with Crippen LogP contribution in [0.3, 0.4) is 0 Å². The van der Waals surface area contributed by atoms with Gasteiger partial charge in [0.1, 0.15) is 5.82 Å². The standard InChI is InChI=1S/C23H23FN2O2/c24-21-12-5-4-11-19(21)20(18-9-2-1-3-10-18)17-22(27)25-14-8-16-26-15-7-6-13-23(26)28/h1-7,9-13,15,20H,8,14,16-17H2,(H,25,27)/t20-/m1/s1. The molecule has 0 spiro atoms. The Labute approximate surface area is 163 Å². The molecule has 0 aliphatic carbocycles. The number of nitrogens with zero attached hydrogens (tertiary/aromatic N) is 1. The Kier molecular flexibility index (Phi) is 6.73. The smallest absolute Gasteiger partial charge is 0.250 e. The van der Waals surface area contributed by atoms with Gasteiger partial charge in [-0.25, -0.2) is 4.39 Å². The molecule has 144 valence electrons. The van der Waals surface area contributed by atoms with Gasteiger partial charge in [0.2, 0.25) is 11.5 Å². The maximum atomic E-state index is 14.3. The van der Waals surface area contributed by atoms with E-state index in [4.69, 9.17) is 0 Å². The number of aromatic nitrogens is 1. The van der Waals surface area contributed by atoms with E-state index in [1.165, 1.54) is 12.1 Å². The Bertz CT molecular complexity index is 969. The third-order valence-corrected chi connectivity index (χ3v) is 4.67. The first kappa shape index (κ1) is 19.5. The highest BCUT2D eigenvalue weighted by molar-refractivity contribution is 5.77. The molecule has 0 bridgehead atoms. The van der Waals surface area contributed by atoms with Crippen LogP contribution in [0.25, 0.3) is 0 Å². The second-order valence-corrected chi connectivity index (χ2v) is 6.62. The van der Waals surface area contributed by atoms with E-state index in [9.17, 15) is 14.0 Å². The summed E-state index contributed by atoms with van der Waals surface area (Å²) in [6.07, 6.45) is 2.54. The van der Waals surface area contributed by atoms with E-state index in [2.05, 4.69) is 5.32 Å². The average molecular weight is 378 g/mol. The maximum Gasteiger partial charge on any atom is 0.250 e. The van der Waals surface area contributed by atoms with Crippen molar-refractivity contribution in [3.05, 3.63) is 106 Å². The molecule has 1 amide bonds. The summed E-state index contributed by atoms with van der Waals surface area (Å²) in [5, 5.41) is 2.89. The normalized spacial score (nSPS) is 11.8. The number of benzene rings is 2. The minimum absolute atomic E-state index is 0.0579. The molecular formula is C23H23FN2O2. The van der Waals surface area contributed by atoms with Crippen molar-refractivity contribution in [3.63, 3.8) is 0 Å². The maximum absolute atomic E-state index is 14.3. The molecule has 5 heteroatoms. The van der Waals surface area contributed by atoms with E-state index in [1.54, 1.807) is 41.1 Å². The Morgan fingerprint density at radius 1 is 0.964 bits per heavy atom.